The molecule has 0 bridgehead atoms. The molecule has 0 aliphatic rings. The molecule has 0 saturated heterocycles. The van der Waals surface area contributed by atoms with Crippen LogP contribution in [0.2, 0.25) is 5.02 Å². The Labute approximate surface area is 167 Å². The molecule has 0 saturated carbocycles. The molecule has 0 aliphatic carbocycles. The van der Waals surface area contributed by atoms with Gasteiger partial charge in [-0.15, -0.1) is 0 Å². The second-order valence-electron chi connectivity index (χ2n) is 5.64. The summed E-state index contributed by atoms with van der Waals surface area (Å²) >= 11 is 11.2. The van der Waals surface area contributed by atoms with Gasteiger partial charge < -0.3 is 10.6 Å². The Bertz CT molecular complexity index is 1100. The van der Waals surface area contributed by atoms with Crippen LogP contribution < -0.4 is 10.6 Å². The fraction of sp³-hybridized carbons (Fsp3) is 0. The topological polar surface area (TPSA) is 64.9 Å². The van der Waals surface area contributed by atoms with E-state index in [0.717, 1.165) is 10.8 Å². The highest BCUT2D eigenvalue weighted by Gasteiger charge is 2.13. The van der Waals surface area contributed by atoms with Crippen molar-refractivity contribution in [2.45, 2.75) is 0 Å². The number of halogens is 1. The molecule has 3 aromatic carbocycles. The number of carbonyl (C=O) groups excluding carboxylic acids is 1. The van der Waals surface area contributed by atoms with E-state index in [1.165, 1.54) is 6.20 Å². The van der Waals surface area contributed by atoms with Crippen molar-refractivity contribution in [2.75, 3.05) is 5.32 Å². The number of hydrogen-bond donors (Lipinski definition) is 2. The predicted molar refractivity (Wildman–Crippen MR) is 113 cm³/mol. The van der Waals surface area contributed by atoms with Crippen molar-refractivity contribution in [2.24, 2.45) is 0 Å². The molecule has 0 aliphatic heterocycles. The first-order valence-electron chi connectivity index (χ1n) is 8.04. The van der Waals surface area contributed by atoms with Crippen molar-refractivity contribution in [1.82, 2.24) is 5.32 Å². The number of anilines is 1. The molecule has 3 aromatic rings. The van der Waals surface area contributed by atoms with Gasteiger partial charge in [0.15, 0.2) is 5.11 Å². The number of allylic oxidation sites excluding steroid dienone is 1. The fourth-order valence-corrected chi connectivity index (χ4v) is 2.85. The highest BCUT2D eigenvalue weighted by molar-refractivity contribution is 7.80. The number of ketones is 1. The number of benzene rings is 3. The van der Waals surface area contributed by atoms with Gasteiger partial charge in [0.05, 0.1) is 10.7 Å². The lowest BCUT2D eigenvalue weighted by Gasteiger charge is -2.09. The van der Waals surface area contributed by atoms with Crippen LogP contribution in [0.3, 0.4) is 0 Å². The maximum absolute atomic E-state index is 12.6. The van der Waals surface area contributed by atoms with Crippen molar-refractivity contribution in [3.8, 4) is 6.07 Å². The molecule has 0 amide bonds. The van der Waals surface area contributed by atoms with Crippen LogP contribution >= 0.6 is 23.8 Å². The van der Waals surface area contributed by atoms with Crippen molar-refractivity contribution in [1.29, 1.82) is 5.26 Å². The number of Topliss-reactive ketones (excluding diaryl/α,β-unsaturated/α-hetero) is 1. The Morgan fingerprint density at radius 3 is 2.48 bits per heavy atom. The number of thiocarbonyl (C=S) groups is 1. The third-order valence-corrected chi connectivity index (χ3v) is 4.40. The second-order valence-corrected chi connectivity index (χ2v) is 6.45. The largest absolute Gasteiger partial charge is 0.338 e. The number of nitrogens with one attached hydrogen (secondary N) is 2. The summed E-state index contributed by atoms with van der Waals surface area (Å²) in [6.45, 7) is 0. The number of hydrogen-bond acceptors (Lipinski definition) is 3. The molecule has 0 atom stereocenters. The monoisotopic (exact) mass is 391 g/mol. The third-order valence-electron chi connectivity index (χ3n) is 3.85. The molecule has 0 spiro atoms. The summed E-state index contributed by atoms with van der Waals surface area (Å²) in [7, 11) is 0. The van der Waals surface area contributed by atoms with Crippen LogP contribution in [0.15, 0.2) is 78.5 Å². The molecular weight excluding hydrogens is 378 g/mol. The summed E-state index contributed by atoms with van der Waals surface area (Å²) in [5.41, 5.74) is 1.02. The SMILES string of the molecule is N#C/C(=C/NC(=S)Nc1ccccc1Cl)C(=O)c1ccc2ccccc2c1. The zero-order valence-electron chi connectivity index (χ0n) is 14.1. The summed E-state index contributed by atoms with van der Waals surface area (Å²) in [6, 6.07) is 22.1. The van der Waals surface area contributed by atoms with Gasteiger partial charge in [0.2, 0.25) is 5.78 Å². The first-order chi connectivity index (χ1) is 13.1. The summed E-state index contributed by atoms with van der Waals surface area (Å²) in [4.78, 5) is 12.6. The van der Waals surface area contributed by atoms with Crippen LogP contribution in [0.1, 0.15) is 10.4 Å². The van der Waals surface area contributed by atoms with Crippen LogP contribution in [0.25, 0.3) is 10.8 Å². The molecule has 6 heteroatoms. The molecule has 132 valence electrons. The van der Waals surface area contributed by atoms with E-state index < -0.39 is 0 Å². The van der Waals surface area contributed by atoms with Gasteiger partial charge in [0.1, 0.15) is 11.6 Å². The zero-order valence-corrected chi connectivity index (χ0v) is 15.6. The maximum Gasteiger partial charge on any atom is 0.205 e. The predicted octanol–water partition coefficient (Wildman–Crippen LogP) is 5.07. The molecule has 0 aromatic heterocycles. The van der Waals surface area contributed by atoms with Crippen LogP contribution in [0, 0.1) is 11.3 Å². The average molecular weight is 392 g/mol. The van der Waals surface area contributed by atoms with Gasteiger partial charge in [-0.25, -0.2) is 0 Å². The van der Waals surface area contributed by atoms with Gasteiger partial charge in [-0.3, -0.25) is 4.79 Å². The van der Waals surface area contributed by atoms with E-state index in [4.69, 9.17) is 23.8 Å². The number of nitrogens with zero attached hydrogens (tertiary/aromatic N) is 1. The number of para-hydroxylation sites is 1. The van der Waals surface area contributed by atoms with Gasteiger partial charge >= 0.3 is 0 Å². The van der Waals surface area contributed by atoms with E-state index in [1.807, 2.05) is 42.5 Å². The first-order valence-corrected chi connectivity index (χ1v) is 8.83. The lowest BCUT2D eigenvalue weighted by molar-refractivity contribution is 0.103. The number of nitriles is 1. The fourth-order valence-electron chi connectivity index (χ4n) is 2.49. The van der Waals surface area contributed by atoms with Gasteiger partial charge in [-0.2, -0.15) is 5.26 Å². The molecule has 0 heterocycles. The van der Waals surface area contributed by atoms with Gasteiger partial charge in [0, 0.05) is 11.8 Å². The van der Waals surface area contributed by atoms with E-state index in [-0.39, 0.29) is 16.5 Å². The van der Waals surface area contributed by atoms with E-state index in [9.17, 15) is 10.1 Å². The number of fused-ring (bicyclic) bond motifs is 1. The maximum atomic E-state index is 12.6. The Morgan fingerprint density at radius 1 is 1.04 bits per heavy atom. The molecule has 4 nitrogen and oxygen atoms in total. The minimum Gasteiger partial charge on any atom is -0.338 e. The molecule has 0 radical (unpaired) electrons. The molecule has 27 heavy (non-hydrogen) atoms. The van der Waals surface area contributed by atoms with Gasteiger partial charge in [-0.1, -0.05) is 60.1 Å². The molecular formula is C21H14ClN3OS. The molecule has 2 N–H and O–H groups in total. The van der Waals surface area contributed by atoms with E-state index in [2.05, 4.69) is 10.6 Å². The Morgan fingerprint density at radius 2 is 1.74 bits per heavy atom. The lowest BCUT2D eigenvalue weighted by Crippen LogP contribution is -2.24. The van der Waals surface area contributed by atoms with E-state index in [0.29, 0.717) is 16.3 Å². The number of rotatable bonds is 4. The van der Waals surface area contributed by atoms with Crippen LogP contribution in [0.5, 0.6) is 0 Å². The molecule has 3 rings (SSSR count). The van der Waals surface area contributed by atoms with Crippen LogP contribution in [-0.4, -0.2) is 10.9 Å². The highest BCUT2D eigenvalue weighted by Crippen LogP contribution is 2.20. The van der Waals surface area contributed by atoms with Gasteiger partial charge in [-0.05, 0) is 41.2 Å². The van der Waals surface area contributed by atoms with Crippen LogP contribution in [0.4, 0.5) is 5.69 Å². The minimum atomic E-state index is -0.378. The van der Waals surface area contributed by atoms with Gasteiger partial charge in [0.25, 0.3) is 0 Å². The third kappa shape index (κ3) is 4.50. The zero-order chi connectivity index (χ0) is 19.2. The minimum absolute atomic E-state index is 0.0476. The Balaban J connectivity index is 1.75. The van der Waals surface area contributed by atoms with Crippen molar-refractivity contribution in [3.63, 3.8) is 0 Å². The quantitative estimate of drug-likeness (QED) is 0.281. The molecule has 0 fully saturated rings. The standard InChI is InChI=1S/C21H14ClN3OS/c22-18-7-3-4-8-19(18)25-21(27)24-13-17(12-23)20(26)16-10-9-14-5-1-2-6-15(14)11-16/h1-11,13H,(H2,24,25,27)/b17-13-. The van der Waals surface area contributed by atoms with Crippen molar-refractivity contribution < 1.29 is 4.79 Å². The summed E-state index contributed by atoms with van der Waals surface area (Å²) in [5, 5.41) is 17.7. The van der Waals surface area contributed by atoms with Crippen molar-refractivity contribution in [3.05, 3.63) is 89.1 Å². The van der Waals surface area contributed by atoms with E-state index in [1.54, 1.807) is 30.3 Å². The van der Waals surface area contributed by atoms with Crippen molar-refractivity contribution >= 4 is 51.2 Å². The highest BCUT2D eigenvalue weighted by atomic mass is 35.5. The normalized spacial score (nSPS) is 10.9. The second kappa shape index (κ2) is 8.45. The summed E-state index contributed by atoms with van der Waals surface area (Å²) < 4.78 is 0. The van der Waals surface area contributed by atoms with Crippen LogP contribution in [-0.2, 0) is 0 Å². The lowest BCUT2D eigenvalue weighted by atomic mass is 10.0. The average Bonchev–Trinajstić information content (AvgIpc) is 2.69. The van der Waals surface area contributed by atoms with E-state index >= 15 is 0 Å². The summed E-state index contributed by atoms with van der Waals surface area (Å²) in [6.07, 6.45) is 1.30. The summed E-state index contributed by atoms with van der Waals surface area (Å²) in [5.74, 6) is -0.378. The first kappa shape index (κ1) is 18.6. The number of carbonyl (C=O) groups is 1. The Kier molecular flexibility index (Phi) is 5.82. The smallest absolute Gasteiger partial charge is 0.205 e. The molecule has 0 unspecified atom stereocenters. The Hall–Kier alpha value is -3.20.